The maximum atomic E-state index is 7.22. The Labute approximate surface area is 97.0 Å². The smallest absolute Gasteiger partial charge is 0.0461 e. The van der Waals surface area contributed by atoms with Gasteiger partial charge in [-0.1, -0.05) is 32.4 Å². The SMILES string of the molecule is CC.CCc1c(Cl)cc(N)c(C=N)c1C. The van der Waals surface area contributed by atoms with Gasteiger partial charge in [0.2, 0.25) is 0 Å². The molecule has 2 nitrogen and oxygen atoms in total. The summed E-state index contributed by atoms with van der Waals surface area (Å²) in [6.07, 6.45) is 2.14. The van der Waals surface area contributed by atoms with E-state index >= 15 is 0 Å². The van der Waals surface area contributed by atoms with E-state index in [0.717, 1.165) is 23.1 Å². The Morgan fingerprint density at radius 3 is 2.40 bits per heavy atom. The second kappa shape index (κ2) is 6.46. The van der Waals surface area contributed by atoms with Crippen LogP contribution in [-0.4, -0.2) is 6.21 Å². The molecule has 3 N–H and O–H groups in total. The molecule has 0 bridgehead atoms. The molecule has 84 valence electrons. The summed E-state index contributed by atoms with van der Waals surface area (Å²) in [5, 5.41) is 7.92. The Morgan fingerprint density at radius 1 is 1.47 bits per heavy atom. The molecule has 0 unspecified atom stereocenters. The molecular formula is C12H19ClN2. The van der Waals surface area contributed by atoms with Crippen molar-refractivity contribution in [3.8, 4) is 0 Å². The fourth-order valence-corrected chi connectivity index (χ4v) is 1.88. The van der Waals surface area contributed by atoms with Gasteiger partial charge in [-0.2, -0.15) is 0 Å². The van der Waals surface area contributed by atoms with Gasteiger partial charge in [0, 0.05) is 22.5 Å². The molecule has 0 aliphatic carbocycles. The molecule has 0 aliphatic rings. The van der Waals surface area contributed by atoms with Gasteiger partial charge in [0.05, 0.1) is 0 Å². The third-order valence-electron chi connectivity index (χ3n) is 2.24. The van der Waals surface area contributed by atoms with Crippen LogP contribution in [0.15, 0.2) is 6.07 Å². The summed E-state index contributed by atoms with van der Waals surface area (Å²) >= 11 is 6.01. The molecule has 1 aromatic carbocycles. The van der Waals surface area contributed by atoms with Crippen molar-refractivity contribution in [2.75, 3.05) is 5.73 Å². The Bertz CT molecular complexity index is 346. The number of benzene rings is 1. The van der Waals surface area contributed by atoms with Gasteiger partial charge >= 0.3 is 0 Å². The van der Waals surface area contributed by atoms with E-state index in [4.69, 9.17) is 22.7 Å². The van der Waals surface area contributed by atoms with Crippen LogP contribution in [0.3, 0.4) is 0 Å². The van der Waals surface area contributed by atoms with Crippen LogP contribution in [-0.2, 0) is 6.42 Å². The zero-order chi connectivity index (χ0) is 12.0. The minimum atomic E-state index is 0.578. The van der Waals surface area contributed by atoms with Crippen molar-refractivity contribution in [3.05, 3.63) is 27.8 Å². The summed E-state index contributed by atoms with van der Waals surface area (Å²) in [5.74, 6) is 0. The molecule has 0 fully saturated rings. The Morgan fingerprint density at radius 2 is 2.00 bits per heavy atom. The minimum absolute atomic E-state index is 0.578. The summed E-state index contributed by atoms with van der Waals surface area (Å²) < 4.78 is 0. The minimum Gasteiger partial charge on any atom is -0.398 e. The summed E-state index contributed by atoms with van der Waals surface area (Å²) in [5.41, 5.74) is 9.17. The lowest BCUT2D eigenvalue weighted by Crippen LogP contribution is -2.00. The van der Waals surface area contributed by atoms with Gasteiger partial charge in [-0.05, 0) is 30.5 Å². The predicted molar refractivity (Wildman–Crippen MR) is 69.2 cm³/mol. The molecule has 0 atom stereocenters. The lowest BCUT2D eigenvalue weighted by Gasteiger charge is -2.11. The van der Waals surface area contributed by atoms with Crippen molar-refractivity contribution in [2.45, 2.75) is 34.1 Å². The maximum absolute atomic E-state index is 7.22. The predicted octanol–water partition coefficient (Wildman–Crippen LogP) is 3.82. The number of rotatable bonds is 2. The van der Waals surface area contributed by atoms with E-state index in [9.17, 15) is 0 Å². The molecule has 1 aromatic rings. The Balaban J connectivity index is 0.000000921. The average Bonchev–Trinajstić information content (AvgIpc) is 2.21. The number of halogens is 1. The van der Waals surface area contributed by atoms with Gasteiger partial charge in [-0.25, -0.2) is 0 Å². The van der Waals surface area contributed by atoms with Crippen LogP contribution in [0.1, 0.15) is 37.5 Å². The molecule has 0 saturated heterocycles. The third kappa shape index (κ3) is 2.96. The quantitative estimate of drug-likeness (QED) is 0.585. The van der Waals surface area contributed by atoms with Gasteiger partial charge in [0.1, 0.15) is 0 Å². The number of hydrogen-bond donors (Lipinski definition) is 2. The van der Waals surface area contributed by atoms with Crippen LogP contribution in [0.4, 0.5) is 5.69 Å². The van der Waals surface area contributed by atoms with Crippen molar-refractivity contribution < 1.29 is 0 Å². The van der Waals surface area contributed by atoms with Crippen molar-refractivity contribution in [1.82, 2.24) is 0 Å². The number of hydrogen-bond acceptors (Lipinski definition) is 2. The highest BCUT2D eigenvalue weighted by atomic mass is 35.5. The number of nitrogen functional groups attached to an aromatic ring is 1. The average molecular weight is 227 g/mol. The monoisotopic (exact) mass is 226 g/mol. The molecule has 0 saturated carbocycles. The van der Waals surface area contributed by atoms with E-state index < -0.39 is 0 Å². The summed E-state index contributed by atoms with van der Waals surface area (Å²) in [7, 11) is 0. The molecule has 15 heavy (non-hydrogen) atoms. The summed E-state index contributed by atoms with van der Waals surface area (Å²) in [6.45, 7) is 7.99. The van der Waals surface area contributed by atoms with Crippen LogP contribution in [0.5, 0.6) is 0 Å². The number of nitrogens with two attached hydrogens (primary N) is 1. The molecule has 1 rings (SSSR count). The van der Waals surface area contributed by atoms with Crippen LogP contribution in [0, 0.1) is 12.3 Å². The molecule has 0 amide bonds. The second-order valence-corrected chi connectivity index (χ2v) is 3.37. The third-order valence-corrected chi connectivity index (χ3v) is 2.57. The fourth-order valence-electron chi connectivity index (χ4n) is 1.49. The lowest BCUT2D eigenvalue weighted by molar-refractivity contribution is 1.11. The number of anilines is 1. The molecule has 0 aromatic heterocycles. The van der Waals surface area contributed by atoms with Crippen LogP contribution >= 0.6 is 11.6 Å². The molecule has 0 aliphatic heterocycles. The molecule has 0 spiro atoms. The van der Waals surface area contributed by atoms with Gasteiger partial charge in [-0.3, -0.25) is 0 Å². The fraction of sp³-hybridized carbons (Fsp3) is 0.417. The van der Waals surface area contributed by atoms with E-state index in [0.29, 0.717) is 10.7 Å². The molecule has 0 heterocycles. The van der Waals surface area contributed by atoms with Crippen LogP contribution in [0.25, 0.3) is 0 Å². The van der Waals surface area contributed by atoms with Crippen LogP contribution < -0.4 is 5.73 Å². The maximum Gasteiger partial charge on any atom is 0.0461 e. The van der Waals surface area contributed by atoms with E-state index in [1.807, 2.05) is 27.7 Å². The van der Waals surface area contributed by atoms with Crippen molar-refractivity contribution in [1.29, 1.82) is 5.41 Å². The second-order valence-electron chi connectivity index (χ2n) is 2.96. The topological polar surface area (TPSA) is 49.9 Å². The summed E-state index contributed by atoms with van der Waals surface area (Å²) in [6, 6.07) is 1.72. The zero-order valence-electron chi connectivity index (χ0n) is 9.82. The van der Waals surface area contributed by atoms with Crippen LogP contribution in [0.2, 0.25) is 5.02 Å². The van der Waals surface area contributed by atoms with E-state index in [-0.39, 0.29) is 0 Å². The van der Waals surface area contributed by atoms with Gasteiger partial charge in [-0.15, -0.1) is 0 Å². The zero-order valence-corrected chi connectivity index (χ0v) is 10.6. The van der Waals surface area contributed by atoms with Gasteiger partial charge in [0.15, 0.2) is 0 Å². The van der Waals surface area contributed by atoms with E-state index in [1.165, 1.54) is 6.21 Å². The van der Waals surface area contributed by atoms with Gasteiger partial charge < -0.3 is 11.1 Å². The first kappa shape index (κ1) is 14.0. The highest BCUT2D eigenvalue weighted by Gasteiger charge is 2.09. The number of nitrogens with one attached hydrogen (secondary N) is 1. The van der Waals surface area contributed by atoms with E-state index in [1.54, 1.807) is 6.07 Å². The first-order valence-electron chi connectivity index (χ1n) is 5.19. The molecule has 0 radical (unpaired) electrons. The lowest BCUT2D eigenvalue weighted by atomic mass is 9.99. The first-order valence-corrected chi connectivity index (χ1v) is 5.57. The van der Waals surface area contributed by atoms with Crippen molar-refractivity contribution >= 4 is 23.5 Å². The Hall–Kier alpha value is -1.02. The van der Waals surface area contributed by atoms with Crippen molar-refractivity contribution in [3.63, 3.8) is 0 Å². The molecular weight excluding hydrogens is 208 g/mol. The van der Waals surface area contributed by atoms with E-state index in [2.05, 4.69) is 0 Å². The normalized spacial score (nSPS) is 9.13. The highest BCUT2D eigenvalue weighted by molar-refractivity contribution is 6.32. The Kier molecular flexibility index (Phi) is 6.02. The standard InChI is InChI=1S/C10H13ClN2.C2H6/c1-3-7-6(2)8(5-12)10(13)4-9(7)11;1-2/h4-5,12H,3,13H2,1-2H3;1-2H3. The first-order chi connectivity index (χ1) is 7.11. The largest absolute Gasteiger partial charge is 0.398 e. The summed E-state index contributed by atoms with van der Waals surface area (Å²) in [4.78, 5) is 0. The molecule has 3 heteroatoms. The highest BCUT2D eigenvalue weighted by Crippen LogP contribution is 2.27. The van der Waals surface area contributed by atoms with Crippen molar-refractivity contribution in [2.24, 2.45) is 0 Å². The van der Waals surface area contributed by atoms with Gasteiger partial charge in [0.25, 0.3) is 0 Å².